The average molecular weight is 443 g/mol. The number of nitrogens with zero attached hydrogens (tertiary/aromatic N) is 1. The minimum absolute atomic E-state index is 0.0519. The Kier molecular flexibility index (Phi) is 6.99. The largest absolute Gasteiger partial charge is 0.376 e. The number of rotatable bonds is 7. The Morgan fingerprint density at radius 3 is 2.06 bits per heavy atom. The van der Waals surface area contributed by atoms with Gasteiger partial charge in [0.2, 0.25) is 5.91 Å². The minimum atomic E-state index is -0.223. The molecular weight excluding hydrogens is 416 g/mol. The third-order valence-corrected chi connectivity index (χ3v) is 5.42. The monoisotopic (exact) mass is 442 g/mol. The number of likely N-dealkylation sites (tertiary alicyclic amines) is 1. The van der Waals surface area contributed by atoms with E-state index in [1.807, 2.05) is 11.0 Å². The van der Waals surface area contributed by atoms with Crippen LogP contribution in [0.2, 0.25) is 0 Å². The van der Waals surface area contributed by atoms with E-state index in [1.54, 1.807) is 72.8 Å². The second kappa shape index (κ2) is 10.5. The molecule has 1 aliphatic rings. The van der Waals surface area contributed by atoms with E-state index < -0.39 is 0 Å². The fourth-order valence-electron chi connectivity index (χ4n) is 3.69. The topological polar surface area (TPSA) is 90.5 Å². The fraction of sp³-hybridized carbons (Fsp3) is 0.192. The van der Waals surface area contributed by atoms with E-state index in [0.29, 0.717) is 22.5 Å². The minimum Gasteiger partial charge on any atom is -0.376 e. The van der Waals surface area contributed by atoms with Crippen molar-refractivity contribution in [2.45, 2.75) is 12.8 Å². The van der Waals surface area contributed by atoms with Crippen molar-refractivity contribution in [3.63, 3.8) is 0 Å². The van der Waals surface area contributed by atoms with E-state index in [1.165, 1.54) is 0 Å². The van der Waals surface area contributed by atoms with Gasteiger partial charge in [0.05, 0.1) is 6.54 Å². The Labute approximate surface area is 192 Å². The van der Waals surface area contributed by atoms with Crippen molar-refractivity contribution in [3.05, 3.63) is 90.0 Å². The highest BCUT2D eigenvalue weighted by atomic mass is 16.2. The molecule has 1 fully saturated rings. The molecule has 0 aromatic heterocycles. The molecule has 0 unspecified atom stereocenters. The molecule has 4 rings (SSSR count). The maximum atomic E-state index is 12.4. The zero-order chi connectivity index (χ0) is 23.0. The number of nitrogens with one attached hydrogen (secondary N) is 3. The molecule has 0 atom stereocenters. The molecular formula is C26H26N4O3. The SMILES string of the molecule is O=C(CNc1ccc(C(=O)N2CCCC2)cc1)Nc1cccc(NC(=O)c2ccccc2)c1. The van der Waals surface area contributed by atoms with Crippen LogP contribution >= 0.6 is 0 Å². The molecule has 0 spiro atoms. The molecule has 0 radical (unpaired) electrons. The predicted octanol–water partition coefficient (Wildman–Crippen LogP) is 4.23. The number of benzene rings is 3. The zero-order valence-corrected chi connectivity index (χ0v) is 18.2. The molecule has 0 bridgehead atoms. The summed E-state index contributed by atoms with van der Waals surface area (Å²) in [4.78, 5) is 39.0. The van der Waals surface area contributed by atoms with Gasteiger partial charge in [-0.15, -0.1) is 0 Å². The smallest absolute Gasteiger partial charge is 0.255 e. The van der Waals surface area contributed by atoms with Gasteiger partial charge in [0.15, 0.2) is 0 Å². The van der Waals surface area contributed by atoms with Crippen molar-refractivity contribution in [2.75, 3.05) is 35.6 Å². The van der Waals surface area contributed by atoms with Crippen LogP contribution in [0.25, 0.3) is 0 Å². The van der Waals surface area contributed by atoms with Crippen LogP contribution in [0.4, 0.5) is 17.1 Å². The lowest BCUT2D eigenvalue weighted by atomic mass is 10.2. The van der Waals surface area contributed by atoms with E-state index in [4.69, 9.17) is 0 Å². The van der Waals surface area contributed by atoms with Crippen LogP contribution in [-0.4, -0.2) is 42.3 Å². The number of amides is 3. The van der Waals surface area contributed by atoms with Crippen LogP contribution in [0.1, 0.15) is 33.6 Å². The van der Waals surface area contributed by atoms with Crippen molar-refractivity contribution < 1.29 is 14.4 Å². The summed E-state index contributed by atoms with van der Waals surface area (Å²) in [6.07, 6.45) is 2.12. The first-order valence-electron chi connectivity index (χ1n) is 11.0. The second-order valence-corrected chi connectivity index (χ2v) is 7.88. The first-order valence-corrected chi connectivity index (χ1v) is 11.0. The molecule has 7 nitrogen and oxygen atoms in total. The highest BCUT2D eigenvalue weighted by Crippen LogP contribution is 2.17. The molecule has 1 heterocycles. The van der Waals surface area contributed by atoms with Gasteiger partial charge in [-0.3, -0.25) is 14.4 Å². The molecule has 0 saturated carbocycles. The predicted molar refractivity (Wildman–Crippen MR) is 130 cm³/mol. The Hall–Kier alpha value is -4.13. The Morgan fingerprint density at radius 1 is 0.697 bits per heavy atom. The molecule has 3 aromatic rings. The van der Waals surface area contributed by atoms with Crippen molar-refractivity contribution >= 4 is 34.8 Å². The molecule has 33 heavy (non-hydrogen) atoms. The first kappa shape index (κ1) is 22.1. The number of anilines is 3. The number of hydrogen-bond acceptors (Lipinski definition) is 4. The molecule has 0 aliphatic carbocycles. The summed E-state index contributed by atoms with van der Waals surface area (Å²) < 4.78 is 0. The Morgan fingerprint density at radius 2 is 1.36 bits per heavy atom. The van der Waals surface area contributed by atoms with Gasteiger partial charge < -0.3 is 20.9 Å². The van der Waals surface area contributed by atoms with E-state index in [2.05, 4.69) is 16.0 Å². The summed E-state index contributed by atoms with van der Waals surface area (Å²) in [6, 6.07) is 23.1. The molecule has 3 N–H and O–H groups in total. The molecule has 168 valence electrons. The van der Waals surface area contributed by atoms with Crippen molar-refractivity contribution in [2.24, 2.45) is 0 Å². The third-order valence-electron chi connectivity index (χ3n) is 5.42. The van der Waals surface area contributed by atoms with E-state index in [9.17, 15) is 14.4 Å². The van der Waals surface area contributed by atoms with Crippen LogP contribution in [-0.2, 0) is 4.79 Å². The third kappa shape index (κ3) is 5.98. The van der Waals surface area contributed by atoms with Crippen LogP contribution in [0.15, 0.2) is 78.9 Å². The maximum Gasteiger partial charge on any atom is 0.255 e. The lowest BCUT2D eigenvalue weighted by Crippen LogP contribution is -2.27. The summed E-state index contributed by atoms with van der Waals surface area (Å²) in [5, 5.41) is 8.71. The highest BCUT2D eigenvalue weighted by molar-refractivity contribution is 6.04. The summed E-state index contributed by atoms with van der Waals surface area (Å²) in [7, 11) is 0. The Balaban J connectivity index is 1.28. The summed E-state index contributed by atoms with van der Waals surface area (Å²) in [6.45, 7) is 1.70. The van der Waals surface area contributed by atoms with Gasteiger partial charge in [-0.05, 0) is 67.4 Å². The van der Waals surface area contributed by atoms with E-state index in [0.717, 1.165) is 31.6 Å². The normalized spacial score (nSPS) is 12.8. The van der Waals surface area contributed by atoms with Crippen LogP contribution in [0, 0.1) is 0 Å². The van der Waals surface area contributed by atoms with Gasteiger partial charge in [-0.1, -0.05) is 24.3 Å². The van der Waals surface area contributed by atoms with Crippen LogP contribution in [0.3, 0.4) is 0 Å². The standard InChI is InChI=1S/C26H26N4O3/c31-24(18-27-21-13-11-20(12-14-21)26(33)30-15-4-5-16-30)28-22-9-6-10-23(17-22)29-25(32)19-7-2-1-3-8-19/h1-3,6-14,17,27H,4-5,15-16,18H2,(H,28,31)(H,29,32). The molecule has 1 saturated heterocycles. The molecule has 3 amide bonds. The fourth-order valence-corrected chi connectivity index (χ4v) is 3.69. The highest BCUT2D eigenvalue weighted by Gasteiger charge is 2.19. The molecule has 3 aromatic carbocycles. The number of hydrogen-bond donors (Lipinski definition) is 3. The molecule has 1 aliphatic heterocycles. The summed E-state index contributed by atoms with van der Waals surface area (Å²) in [5.41, 5.74) is 3.14. The van der Waals surface area contributed by atoms with Gasteiger partial charge in [0, 0.05) is 41.3 Å². The van der Waals surface area contributed by atoms with E-state index in [-0.39, 0.29) is 24.3 Å². The maximum absolute atomic E-state index is 12.4. The lowest BCUT2D eigenvalue weighted by Gasteiger charge is -2.15. The van der Waals surface area contributed by atoms with Gasteiger partial charge in [-0.25, -0.2) is 0 Å². The molecule has 7 heteroatoms. The van der Waals surface area contributed by atoms with E-state index >= 15 is 0 Å². The van der Waals surface area contributed by atoms with Crippen LogP contribution < -0.4 is 16.0 Å². The van der Waals surface area contributed by atoms with Crippen molar-refractivity contribution in [3.8, 4) is 0 Å². The second-order valence-electron chi connectivity index (χ2n) is 7.88. The zero-order valence-electron chi connectivity index (χ0n) is 18.2. The van der Waals surface area contributed by atoms with Gasteiger partial charge >= 0.3 is 0 Å². The van der Waals surface area contributed by atoms with Gasteiger partial charge in [0.1, 0.15) is 0 Å². The lowest BCUT2D eigenvalue weighted by molar-refractivity contribution is -0.114. The summed E-state index contributed by atoms with van der Waals surface area (Å²) in [5.74, 6) is -0.387. The average Bonchev–Trinajstić information content (AvgIpc) is 3.38. The Bertz CT molecular complexity index is 1120. The summed E-state index contributed by atoms with van der Waals surface area (Å²) >= 11 is 0. The van der Waals surface area contributed by atoms with Crippen LogP contribution in [0.5, 0.6) is 0 Å². The van der Waals surface area contributed by atoms with Gasteiger partial charge in [-0.2, -0.15) is 0 Å². The quantitative estimate of drug-likeness (QED) is 0.511. The first-order chi connectivity index (χ1) is 16.1. The van der Waals surface area contributed by atoms with Gasteiger partial charge in [0.25, 0.3) is 11.8 Å². The van der Waals surface area contributed by atoms with Crippen molar-refractivity contribution in [1.82, 2.24) is 4.90 Å². The van der Waals surface area contributed by atoms with Crippen molar-refractivity contribution in [1.29, 1.82) is 0 Å². The number of carbonyl (C=O) groups is 3. The number of carbonyl (C=O) groups excluding carboxylic acids is 3.